The molecule has 2 aromatic carbocycles. The number of carbonyl (C=O) groups excluding carboxylic acids is 1. The molecule has 4 nitrogen and oxygen atoms in total. The Labute approximate surface area is 165 Å². The molecule has 0 saturated carbocycles. The van der Waals surface area contributed by atoms with Crippen LogP contribution in [0.4, 0.5) is 4.39 Å². The highest BCUT2D eigenvalue weighted by molar-refractivity contribution is 5.83. The highest BCUT2D eigenvalue weighted by atomic mass is 19.1. The van der Waals surface area contributed by atoms with Gasteiger partial charge in [0.2, 0.25) is 5.91 Å². The zero-order valence-electron chi connectivity index (χ0n) is 16.5. The van der Waals surface area contributed by atoms with Gasteiger partial charge in [0.05, 0.1) is 19.2 Å². The minimum atomic E-state index is -0.201. The van der Waals surface area contributed by atoms with E-state index in [4.69, 9.17) is 4.74 Å². The number of hydrogen-bond acceptors (Lipinski definition) is 3. The molecule has 148 valence electrons. The topological polar surface area (TPSA) is 32.8 Å². The van der Waals surface area contributed by atoms with E-state index in [1.54, 1.807) is 19.2 Å². The van der Waals surface area contributed by atoms with Crippen LogP contribution in [0.1, 0.15) is 42.5 Å². The molecule has 0 aromatic heterocycles. The first-order valence-electron chi connectivity index (χ1n) is 10.0. The molecule has 5 heteroatoms. The number of hydrogen-bond donors (Lipinski definition) is 0. The van der Waals surface area contributed by atoms with E-state index in [9.17, 15) is 9.18 Å². The summed E-state index contributed by atoms with van der Waals surface area (Å²) < 4.78 is 19.5. The van der Waals surface area contributed by atoms with E-state index in [0.29, 0.717) is 12.1 Å². The second-order valence-corrected chi connectivity index (χ2v) is 7.74. The molecule has 0 bridgehead atoms. The van der Waals surface area contributed by atoms with Gasteiger partial charge in [0.1, 0.15) is 11.6 Å². The molecule has 2 aliphatic heterocycles. The van der Waals surface area contributed by atoms with Crippen LogP contribution in [0.5, 0.6) is 5.75 Å². The lowest BCUT2D eigenvalue weighted by atomic mass is 9.92. The van der Waals surface area contributed by atoms with Crippen molar-refractivity contribution in [1.82, 2.24) is 9.80 Å². The smallest absolute Gasteiger partial charge is 0.240 e. The van der Waals surface area contributed by atoms with Gasteiger partial charge in [-0.05, 0) is 62.1 Å². The second kappa shape index (κ2) is 7.92. The standard InChI is InChI=1S/C23H27FN2O2/c1-16-20-14-19(28-2)10-9-17(20)11-13-26(16)23(27)22-8-5-12-25(22)15-18-6-3-4-7-21(18)24/h3-4,6-7,9-10,14,16,22H,5,8,11-13,15H2,1-2H3. The summed E-state index contributed by atoms with van der Waals surface area (Å²) in [6, 6.07) is 12.8. The van der Waals surface area contributed by atoms with E-state index in [1.165, 1.54) is 11.6 Å². The Morgan fingerprint density at radius 3 is 2.82 bits per heavy atom. The Morgan fingerprint density at radius 2 is 2.04 bits per heavy atom. The van der Waals surface area contributed by atoms with E-state index in [0.717, 1.165) is 43.7 Å². The minimum Gasteiger partial charge on any atom is -0.497 e. The van der Waals surface area contributed by atoms with Crippen LogP contribution < -0.4 is 4.74 Å². The van der Waals surface area contributed by atoms with E-state index in [1.807, 2.05) is 23.1 Å². The molecule has 4 rings (SSSR count). The molecule has 0 spiro atoms. The van der Waals surface area contributed by atoms with Gasteiger partial charge in [-0.25, -0.2) is 4.39 Å². The van der Waals surface area contributed by atoms with Crippen LogP contribution >= 0.6 is 0 Å². The summed E-state index contributed by atoms with van der Waals surface area (Å²) in [5.41, 5.74) is 3.11. The lowest BCUT2D eigenvalue weighted by molar-refractivity contribution is -0.138. The molecule has 2 heterocycles. The molecule has 0 aliphatic carbocycles. The monoisotopic (exact) mass is 382 g/mol. The average Bonchev–Trinajstić information content (AvgIpc) is 3.17. The van der Waals surface area contributed by atoms with Crippen molar-refractivity contribution >= 4 is 5.91 Å². The Kier molecular flexibility index (Phi) is 5.36. The first kappa shape index (κ1) is 18.9. The number of amides is 1. The van der Waals surface area contributed by atoms with Crippen LogP contribution in [-0.4, -0.2) is 41.9 Å². The summed E-state index contributed by atoms with van der Waals surface area (Å²) in [7, 11) is 1.66. The lowest BCUT2D eigenvalue weighted by Gasteiger charge is -2.38. The van der Waals surface area contributed by atoms with E-state index >= 15 is 0 Å². The van der Waals surface area contributed by atoms with Crippen LogP contribution in [0.3, 0.4) is 0 Å². The molecule has 1 amide bonds. The van der Waals surface area contributed by atoms with Crippen molar-refractivity contribution < 1.29 is 13.9 Å². The van der Waals surface area contributed by atoms with Gasteiger partial charge >= 0.3 is 0 Å². The fourth-order valence-corrected chi connectivity index (χ4v) is 4.55. The van der Waals surface area contributed by atoms with Crippen molar-refractivity contribution in [2.45, 2.75) is 44.8 Å². The highest BCUT2D eigenvalue weighted by Crippen LogP contribution is 2.34. The van der Waals surface area contributed by atoms with Gasteiger partial charge in [-0.1, -0.05) is 24.3 Å². The molecule has 1 fully saturated rings. The van der Waals surface area contributed by atoms with Crippen molar-refractivity contribution in [2.75, 3.05) is 20.2 Å². The maximum atomic E-state index is 14.1. The predicted octanol–water partition coefficient (Wildman–Crippen LogP) is 3.94. The SMILES string of the molecule is COc1ccc2c(c1)C(C)N(C(=O)C1CCCN1Cc1ccccc1F)CC2. The van der Waals surface area contributed by atoms with Crippen molar-refractivity contribution in [1.29, 1.82) is 0 Å². The zero-order chi connectivity index (χ0) is 19.7. The molecule has 1 saturated heterocycles. The third kappa shape index (κ3) is 3.51. The number of halogens is 1. The maximum absolute atomic E-state index is 14.1. The third-order valence-corrected chi connectivity index (χ3v) is 6.16. The van der Waals surface area contributed by atoms with Crippen LogP contribution in [0, 0.1) is 5.82 Å². The number of benzene rings is 2. The van der Waals surface area contributed by atoms with Gasteiger partial charge in [0.15, 0.2) is 0 Å². The molecule has 2 aliphatic rings. The van der Waals surface area contributed by atoms with E-state index in [-0.39, 0.29) is 23.8 Å². The molecular weight excluding hydrogens is 355 g/mol. The second-order valence-electron chi connectivity index (χ2n) is 7.74. The predicted molar refractivity (Wildman–Crippen MR) is 107 cm³/mol. The van der Waals surface area contributed by atoms with Crippen molar-refractivity contribution in [3.05, 3.63) is 65.0 Å². The van der Waals surface area contributed by atoms with Crippen molar-refractivity contribution in [3.63, 3.8) is 0 Å². The average molecular weight is 382 g/mol. The molecule has 2 unspecified atom stereocenters. The summed E-state index contributed by atoms with van der Waals surface area (Å²) in [6.45, 7) is 4.13. The fraction of sp³-hybridized carbons (Fsp3) is 0.435. The number of methoxy groups -OCH3 is 1. The fourth-order valence-electron chi connectivity index (χ4n) is 4.55. The van der Waals surface area contributed by atoms with Crippen molar-refractivity contribution in [2.24, 2.45) is 0 Å². The summed E-state index contributed by atoms with van der Waals surface area (Å²) in [6.07, 6.45) is 2.66. The number of ether oxygens (including phenoxy) is 1. The Hall–Kier alpha value is -2.40. The molecule has 0 radical (unpaired) electrons. The summed E-state index contributed by atoms with van der Waals surface area (Å²) >= 11 is 0. The number of nitrogens with zero attached hydrogens (tertiary/aromatic N) is 2. The van der Waals surface area contributed by atoms with E-state index in [2.05, 4.69) is 17.9 Å². The largest absolute Gasteiger partial charge is 0.497 e. The van der Waals surface area contributed by atoms with Crippen LogP contribution in [0.25, 0.3) is 0 Å². The van der Waals surface area contributed by atoms with Gasteiger partial charge in [0.25, 0.3) is 0 Å². The van der Waals surface area contributed by atoms with Gasteiger partial charge in [-0.15, -0.1) is 0 Å². The van der Waals surface area contributed by atoms with Crippen molar-refractivity contribution in [3.8, 4) is 5.75 Å². The number of rotatable bonds is 4. The zero-order valence-corrected chi connectivity index (χ0v) is 16.5. The first-order valence-corrected chi connectivity index (χ1v) is 10.0. The van der Waals surface area contributed by atoms with Crippen LogP contribution in [-0.2, 0) is 17.8 Å². The lowest BCUT2D eigenvalue weighted by Crippen LogP contribution is -2.48. The van der Waals surface area contributed by atoms with E-state index < -0.39 is 0 Å². The number of likely N-dealkylation sites (tertiary alicyclic amines) is 1. The molecule has 28 heavy (non-hydrogen) atoms. The summed E-state index contributed by atoms with van der Waals surface area (Å²) in [4.78, 5) is 17.5. The Bertz CT molecular complexity index is 869. The quantitative estimate of drug-likeness (QED) is 0.803. The van der Waals surface area contributed by atoms with Crippen LogP contribution in [0.2, 0.25) is 0 Å². The summed E-state index contributed by atoms with van der Waals surface area (Å²) in [5, 5.41) is 0. The Morgan fingerprint density at radius 1 is 1.21 bits per heavy atom. The third-order valence-electron chi connectivity index (χ3n) is 6.16. The molecule has 2 atom stereocenters. The normalized spacial score (nSPS) is 22.2. The molecular formula is C23H27FN2O2. The molecule has 2 aromatic rings. The van der Waals surface area contributed by atoms with Gasteiger partial charge in [-0.2, -0.15) is 0 Å². The maximum Gasteiger partial charge on any atom is 0.240 e. The van der Waals surface area contributed by atoms with Crippen LogP contribution in [0.15, 0.2) is 42.5 Å². The minimum absolute atomic E-state index is 0.0160. The Balaban J connectivity index is 1.52. The molecule has 0 N–H and O–H groups in total. The highest BCUT2D eigenvalue weighted by Gasteiger charge is 2.37. The van der Waals surface area contributed by atoms with Gasteiger partial charge in [-0.3, -0.25) is 9.69 Å². The number of carbonyl (C=O) groups is 1. The van der Waals surface area contributed by atoms with Gasteiger partial charge < -0.3 is 9.64 Å². The first-order chi connectivity index (χ1) is 13.6. The summed E-state index contributed by atoms with van der Waals surface area (Å²) in [5.74, 6) is 0.782. The number of fused-ring (bicyclic) bond motifs is 1. The van der Waals surface area contributed by atoms with Gasteiger partial charge in [0, 0.05) is 18.7 Å².